The fraction of sp³-hybridized carbons (Fsp3) is 0.429. The molecule has 1 fully saturated rings. The lowest BCUT2D eigenvalue weighted by Crippen LogP contribution is -2.47. The number of rotatable bonds is 4. The first-order chi connectivity index (χ1) is 11.4. The number of sulfonamides is 1. The Bertz CT molecular complexity index is 792. The number of nitrogens with zero attached hydrogens (tertiary/aromatic N) is 1. The normalized spacial score (nSPS) is 21.4. The summed E-state index contributed by atoms with van der Waals surface area (Å²) >= 11 is 0. The summed E-state index contributed by atoms with van der Waals surface area (Å²) in [7, 11) is -2.50. The van der Waals surface area contributed by atoms with Gasteiger partial charge in [0.1, 0.15) is 0 Å². The van der Waals surface area contributed by atoms with Crippen LogP contribution in [0.4, 0.5) is 13.2 Å². The van der Waals surface area contributed by atoms with Crippen molar-refractivity contribution in [1.29, 1.82) is 0 Å². The van der Waals surface area contributed by atoms with E-state index in [9.17, 15) is 31.2 Å². The molecule has 7 nitrogen and oxygen atoms in total. The summed E-state index contributed by atoms with van der Waals surface area (Å²) in [4.78, 5) is 24.1. The van der Waals surface area contributed by atoms with Gasteiger partial charge in [0.15, 0.2) is 5.41 Å². The lowest BCUT2D eigenvalue weighted by Gasteiger charge is -2.27. The average Bonchev–Trinajstić information content (AvgIpc) is 3.01. The summed E-state index contributed by atoms with van der Waals surface area (Å²) < 4.78 is 64.7. The maximum Gasteiger partial charge on any atom is 0.406 e. The van der Waals surface area contributed by atoms with Crippen LogP contribution in [-0.4, -0.2) is 56.6 Å². The predicted molar refractivity (Wildman–Crippen MR) is 79.3 cm³/mol. The van der Waals surface area contributed by atoms with E-state index in [1.165, 1.54) is 19.2 Å². The van der Waals surface area contributed by atoms with Crippen LogP contribution in [0.3, 0.4) is 0 Å². The second-order valence-electron chi connectivity index (χ2n) is 5.59. The van der Waals surface area contributed by atoms with Crippen molar-refractivity contribution in [2.24, 2.45) is 5.41 Å². The van der Waals surface area contributed by atoms with Crippen LogP contribution in [-0.2, 0) is 14.8 Å². The molecule has 0 aliphatic carbocycles. The van der Waals surface area contributed by atoms with Crippen molar-refractivity contribution in [3.63, 3.8) is 0 Å². The van der Waals surface area contributed by atoms with Gasteiger partial charge in [0.05, 0.1) is 4.90 Å². The summed E-state index contributed by atoms with van der Waals surface area (Å²) in [5.74, 6) is -2.81. The third-order valence-electron chi connectivity index (χ3n) is 4.19. The third-order valence-corrected chi connectivity index (χ3v) is 5.62. The Balaban J connectivity index is 2.24. The molecule has 0 aromatic heterocycles. The molecule has 1 saturated heterocycles. The lowest BCUT2D eigenvalue weighted by atomic mass is 9.86. The number of likely N-dealkylation sites (tertiary alicyclic amines) is 1. The van der Waals surface area contributed by atoms with E-state index in [1.807, 2.05) is 0 Å². The highest BCUT2D eigenvalue weighted by Gasteiger charge is 2.64. The van der Waals surface area contributed by atoms with Gasteiger partial charge < -0.3 is 10.0 Å². The second kappa shape index (κ2) is 6.30. The summed E-state index contributed by atoms with van der Waals surface area (Å²) in [5.41, 5.74) is -3.02. The number of carbonyl (C=O) groups excluding carboxylic acids is 1. The highest BCUT2D eigenvalue weighted by atomic mass is 32.2. The smallest absolute Gasteiger partial charge is 0.406 e. The van der Waals surface area contributed by atoms with E-state index in [0.29, 0.717) is 0 Å². The minimum absolute atomic E-state index is 0.0292. The van der Waals surface area contributed by atoms with Crippen LogP contribution < -0.4 is 4.72 Å². The Morgan fingerprint density at radius 3 is 2.20 bits per heavy atom. The number of hydrogen-bond donors (Lipinski definition) is 2. The third kappa shape index (κ3) is 3.33. The molecule has 1 heterocycles. The highest BCUT2D eigenvalue weighted by molar-refractivity contribution is 7.89. The van der Waals surface area contributed by atoms with E-state index in [1.54, 1.807) is 0 Å². The number of hydrogen-bond acceptors (Lipinski definition) is 4. The van der Waals surface area contributed by atoms with E-state index in [0.717, 1.165) is 17.0 Å². The molecule has 0 radical (unpaired) electrons. The SMILES string of the molecule is CNS(=O)(=O)c1ccc(C(=O)N2CCC(C(=O)O)(C(F)(F)F)C2)cc1. The molecule has 1 aromatic carbocycles. The number of alkyl halides is 3. The summed E-state index contributed by atoms with van der Waals surface area (Å²) in [6.45, 7) is -1.34. The number of halogens is 3. The van der Waals surface area contributed by atoms with Crippen LogP contribution >= 0.6 is 0 Å². The van der Waals surface area contributed by atoms with Gasteiger partial charge in [-0.25, -0.2) is 13.1 Å². The molecular formula is C14H15F3N2O5S. The standard InChI is InChI=1S/C14H15F3N2O5S/c1-18-25(23,24)10-4-2-9(3-5-10)11(20)19-7-6-13(8-19,12(21)22)14(15,16)17/h2-5,18H,6-8H2,1H3,(H,21,22). The zero-order chi connectivity index (χ0) is 19.0. The fourth-order valence-corrected chi connectivity index (χ4v) is 3.32. The number of nitrogens with one attached hydrogen (secondary N) is 1. The molecular weight excluding hydrogens is 365 g/mol. The van der Waals surface area contributed by atoms with Gasteiger partial charge in [0, 0.05) is 18.7 Å². The monoisotopic (exact) mass is 380 g/mol. The Morgan fingerprint density at radius 2 is 1.80 bits per heavy atom. The van der Waals surface area contributed by atoms with Crippen LogP contribution in [0.1, 0.15) is 16.8 Å². The first-order valence-electron chi connectivity index (χ1n) is 7.07. The van der Waals surface area contributed by atoms with Gasteiger partial charge in [-0.3, -0.25) is 9.59 Å². The Labute approximate surface area is 141 Å². The molecule has 1 atom stereocenters. The molecule has 2 N–H and O–H groups in total. The molecule has 1 aliphatic rings. The van der Waals surface area contributed by atoms with Crippen molar-refractivity contribution >= 4 is 21.9 Å². The van der Waals surface area contributed by atoms with Crippen LogP contribution in [0.5, 0.6) is 0 Å². The van der Waals surface area contributed by atoms with Crippen molar-refractivity contribution < 1.29 is 36.3 Å². The average molecular weight is 380 g/mol. The minimum Gasteiger partial charge on any atom is -0.481 e. The van der Waals surface area contributed by atoms with Crippen molar-refractivity contribution in [3.05, 3.63) is 29.8 Å². The summed E-state index contributed by atoms with van der Waals surface area (Å²) in [6, 6.07) is 4.62. The van der Waals surface area contributed by atoms with Gasteiger partial charge >= 0.3 is 12.1 Å². The largest absolute Gasteiger partial charge is 0.481 e. The quantitative estimate of drug-likeness (QED) is 0.813. The number of carbonyl (C=O) groups is 2. The van der Waals surface area contributed by atoms with Crippen molar-refractivity contribution in [2.45, 2.75) is 17.5 Å². The van der Waals surface area contributed by atoms with Gasteiger partial charge in [-0.05, 0) is 37.7 Å². The van der Waals surface area contributed by atoms with Crippen LogP contribution in [0.2, 0.25) is 0 Å². The van der Waals surface area contributed by atoms with Crippen molar-refractivity contribution in [2.75, 3.05) is 20.1 Å². The molecule has 1 aliphatic heterocycles. The van der Waals surface area contributed by atoms with Crippen molar-refractivity contribution in [1.82, 2.24) is 9.62 Å². The summed E-state index contributed by atoms with van der Waals surface area (Å²) in [6.07, 6.45) is -5.72. The maximum atomic E-state index is 13.1. The van der Waals surface area contributed by atoms with Gasteiger partial charge in [0.25, 0.3) is 5.91 Å². The Morgan fingerprint density at radius 1 is 1.24 bits per heavy atom. The highest BCUT2D eigenvalue weighted by Crippen LogP contribution is 2.46. The fourth-order valence-electron chi connectivity index (χ4n) is 2.59. The number of amides is 1. The molecule has 0 bridgehead atoms. The minimum atomic E-state index is -4.99. The number of benzene rings is 1. The molecule has 11 heteroatoms. The van der Waals surface area contributed by atoms with Crippen LogP contribution in [0.15, 0.2) is 29.2 Å². The van der Waals surface area contributed by atoms with E-state index < -0.39 is 46.5 Å². The first kappa shape index (κ1) is 19.2. The molecule has 1 unspecified atom stereocenters. The molecule has 25 heavy (non-hydrogen) atoms. The van der Waals surface area contributed by atoms with E-state index in [4.69, 9.17) is 5.11 Å². The Kier molecular flexibility index (Phi) is 4.83. The van der Waals surface area contributed by atoms with Gasteiger partial charge in [-0.1, -0.05) is 0 Å². The predicted octanol–water partition coefficient (Wildman–Crippen LogP) is 1.07. The molecule has 0 saturated carbocycles. The van der Waals surface area contributed by atoms with Gasteiger partial charge in [-0.15, -0.1) is 0 Å². The zero-order valence-electron chi connectivity index (χ0n) is 13.0. The zero-order valence-corrected chi connectivity index (χ0v) is 13.8. The lowest BCUT2D eigenvalue weighted by molar-refractivity contribution is -0.227. The molecule has 0 spiro atoms. The van der Waals surface area contributed by atoms with Gasteiger partial charge in [-0.2, -0.15) is 13.2 Å². The number of aliphatic carboxylic acids is 1. The Hall–Kier alpha value is -2.14. The second-order valence-corrected chi connectivity index (χ2v) is 7.48. The maximum absolute atomic E-state index is 13.1. The topological polar surface area (TPSA) is 104 Å². The molecule has 1 aromatic rings. The molecule has 2 rings (SSSR count). The number of carboxylic acid groups (broad SMARTS) is 1. The molecule has 138 valence electrons. The van der Waals surface area contributed by atoms with E-state index in [-0.39, 0.29) is 17.0 Å². The molecule has 1 amide bonds. The number of carboxylic acids is 1. The van der Waals surface area contributed by atoms with Crippen LogP contribution in [0, 0.1) is 5.41 Å². The van der Waals surface area contributed by atoms with Crippen molar-refractivity contribution in [3.8, 4) is 0 Å². The summed E-state index contributed by atoms with van der Waals surface area (Å²) in [5, 5.41) is 8.99. The van der Waals surface area contributed by atoms with Gasteiger partial charge in [0.2, 0.25) is 10.0 Å². The van der Waals surface area contributed by atoms with E-state index >= 15 is 0 Å². The van der Waals surface area contributed by atoms with Crippen LogP contribution in [0.25, 0.3) is 0 Å². The van der Waals surface area contributed by atoms with E-state index in [2.05, 4.69) is 4.72 Å². The first-order valence-corrected chi connectivity index (χ1v) is 8.56.